The molecule has 0 spiro atoms. The van der Waals surface area contributed by atoms with Crippen LogP contribution in [0.15, 0.2) is 53.9 Å². The first-order valence-electron chi connectivity index (χ1n) is 10.3. The molecular formula is C22H25N5O2S. The number of likely N-dealkylation sites (tertiary alicyclic amines) is 1. The Hall–Kier alpha value is -2.87. The first-order chi connectivity index (χ1) is 14.8. The highest BCUT2D eigenvalue weighted by Gasteiger charge is 2.20. The van der Waals surface area contributed by atoms with Crippen LogP contribution in [0.4, 0.5) is 0 Å². The Labute approximate surface area is 180 Å². The number of hydrogen-bond acceptors (Lipinski definition) is 6. The Bertz CT molecular complexity index is 969. The van der Waals surface area contributed by atoms with E-state index in [0.717, 1.165) is 42.9 Å². The average Bonchev–Trinajstić information content (AvgIpc) is 3.23. The van der Waals surface area contributed by atoms with Crippen LogP contribution in [0.1, 0.15) is 26.2 Å². The summed E-state index contributed by atoms with van der Waals surface area (Å²) >= 11 is 1.42. The molecule has 1 aliphatic heterocycles. The van der Waals surface area contributed by atoms with Gasteiger partial charge in [-0.3, -0.25) is 14.3 Å². The Morgan fingerprint density at radius 3 is 2.60 bits per heavy atom. The highest BCUT2D eigenvalue weighted by Crippen LogP contribution is 2.29. The maximum atomic E-state index is 12.6. The van der Waals surface area contributed by atoms with Gasteiger partial charge in [-0.1, -0.05) is 11.8 Å². The lowest BCUT2D eigenvalue weighted by Crippen LogP contribution is -2.36. The maximum Gasteiger partial charge on any atom is 0.233 e. The lowest BCUT2D eigenvalue weighted by Gasteiger charge is -2.26. The number of amides is 1. The fraction of sp³-hybridized carbons (Fsp3) is 0.364. The van der Waals surface area contributed by atoms with E-state index in [1.807, 2.05) is 52.8 Å². The van der Waals surface area contributed by atoms with Crippen molar-refractivity contribution in [3.63, 3.8) is 0 Å². The van der Waals surface area contributed by atoms with Crippen LogP contribution in [-0.4, -0.2) is 56.0 Å². The predicted molar refractivity (Wildman–Crippen MR) is 117 cm³/mol. The predicted octanol–water partition coefficient (Wildman–Crippen LogP) is 3.83. The lowest BCUT2D eigenvalue weighted by molar-refractivity contribution is -0.129. The molecule has 8 heteroatoms. The highest BCUT2D eigenvalue weighted by atomic mass is 32.2. The Kier molecular flexibility index (Phi) is 6.63. The van der Waals surface area contributed by atoms with Crippen molar-refractivity contribution in [2.75, 3.05) is 25.4 Å². The number of thioether (sulfide) groups is 1. The van der Waals surface area contributed by atoms with Gasteiger partial charge in [0.15, 0.2) is 11.0 Å². The zero-order chi connectivity index (χ0) is 20.8. The maximum absolute atomic E-state index is 12.6. The summed E-state index contributed by atoms with van der Waals surface area (Å²) < 4.78 is 7.54. The molecule has 0 bridgehead atoms. The number of ether oxygens (including phenoxy) is 1. The summed E-state index contributed by atoms with van der Waals surface area (Å²) in [6.45, 7) is 4.28. The summed E-state index contributed by atoms with van der Waals surface area (Å²) in [5.41, 5.74) is 1.78. The van der Waals surface area contributed by atoms with Crippen LogP contribution in [-0.2, 0) is 4.79 Å². The van der Waals surface area contributed by atoms with Crippen LogP contribution in [0.5, 0.6) is 5.75 Å². The van der Waals surface area contributed by atoms with E-state index in [1.54, 1.807) is 12.4 Å². The largest absolute Gasteiger partial charge is 0.494 e. The molecule has 1 amide bonds. The summed E-state index contributed by atoms with van der Waals surface area (Å²) in [7, 11) is 0. The quantitative estimate of drug-likeness (QED) is 0.538. The molecule has 0 aliphatic carbocycles. The van der Waals surface area contributed by atoms with Crippen LogP contribution >= 0.6 is 11.8 Å². The number of carbonyl (C=O) groups excluding carboxylic acids is 1. The van der Waals surface area contributed by atoms with Gasteiger partial charge in [0.2, 0.25) is 5.91 Å². The molecule has 4 rings (SSSR count). The molecule has 0 radical (unpaired) electrons. The monoisotopic (exact) mass is 423 g/mol. The van der Waals surface area contributed by atoms with Crippen molar-refractivity contribution >= 4 is 17.7 Å². The van der Waals surface area contributed by atoms with E-state index in [1.165, 1.54) is 18.2 Å². The Morgan fingerprint density at radius 1 is 1.10 bits per heavy atom. The Balaban J connectivity index is 1.61. The molecule has 7 nitrogen and oxygen atoms in total. The minimum atomic E-state index is 0.156. The second kappa shape index (κ2) is 9.75. The van der Waals surface area contributed by atoms with Gasteiger partial charge in [-0.05, 0) is 62.6 Å². The third-order valence-corrected chi connectivity index (χ3v) is 5.91. The van der Waals surface area contributed by atoms with E-state index >= 15 is 0 Å². The van der Waals surface area contributed by atoms with Gasteiger partial charge in [0.25, 0.3) is 0 Å². The van der Waals surface area contributed by atoms with Crippen LogP contribution in [0, 0.1) is 0 Å². The molecule has 1 aromatic carbocycles. The number of benzene rings is 1. The number of carbonyl (C=O) groups is 1. The summed E-state index contributed by atoms with van der Waals surface area (Å²) in [6, 6.07) is 11.6. The lowest BCUT2D eigenvalue weighted by atomic mass is 10.1. The van der Waals surface area contributed by atoms with Crippen molar-refractivity contribution in [3.05, 3.63) is 48.8 Å². The van der Waals surface area contributed by atoms with Gasteiger partial charge in [0.05, 0.1) is 12.4 Å². The van der Waals surface area contributed by atoms with Crippen molar-refractivity contribution < 1.29 is 9.53 Å². The SMILES string of the molecule is CCOc1ccc(-n2c(SCC(=O)N3CCCCC3)nnc2-c2cccnc2)cc1. The second-order valence-electron chi connectivity index (χ2n) is 7.04. The number of hydrogen-bond donors (Lipinski definition) is 0. The molecular weight excluding hydrogens is 398 g/mol. The molecule has 0 N–H and O–H groups in total. The van der Waals surface area contributed by atoms with E-state index in [-0.39, 0.29) is 5.91 Å². The van der Waals surface area contributed by atoms with Crippen LogP contribution in [0.3, 0.4) is 0 Å². The summed E-state index contributed by atoms with van der Waals surface area (Å²) in [5.74, 6) is 2.01. The molecule has 0 unspecified atom stereocenters. The van der Waals surface area contributed by atoms with Crippen molar-refractivity contribution in [1.82, 2.24) is 24.6 Å². The minimum Gasteiger partial charge on any atom is -0.494 e. The third-order valence-electron chi connectivity index (χ3n) is 4.99. The topological polar surface area (TPSA) is 73.1 Å². The van der Waals surface area contributed by atoms with Crippen LogP contribution in [0.2, 0.25) is 0 Å². The first-order valence-corrected chi connectivity index (χ1v) is 11.2. The number of rotatable bonds is 7. The molecule has 2 aromatic heterocycles. The van der Waals surface area contributed by atoms with E-state index in [0.29, 0.717) is 23.3 Å². The molecule has 0 atom stereocenters. The molecule has 1 saturated heterocycles. The van der Waals surface area contributed by atoms with Crippen molar-refractivity contribution in [2.24, 2.45) is 0 Å². The molecule has 0 saturated carbocycles. The van der Waals surface area contributed by atoms with E-state index in [9.17, 15) is 4.79 Å². The molecule has 1 aliphatic rings. The molecule has 30 heavy (non-hydrogen) atoms. The summed E-state index contributed by atoms with van der Waals surface area (Å²) in [6.07, 6.45) is 6.88. The number of piperidine rings is 1. The van der Waals surface area contributed by atoms with Crippen molar-refractivity contribution in [3.8, 4) is 22.8 Å². The van der Waals surface area contributed by atoms with Gasteiger partial charge in [-0.25, -0.2) is 0 Å². The molecule has 3 aromatic rings. The average molecular weight is 424 g/mol. The summed E-state index contributed by atoms with van der Waals surface area (Å²) in [4.78, 5) is 18.8. The number of pyridine rings is 1. The van der Waals surface area contributed by atoms with E-state index < -0.39 is 0 Å². The molecule has 1 fully saturated rings. The second-order valence-corrected chi connectivity index (χ2v) is 7.98. The van der Waals surface area contributed by atoms with Gasteiger partial charge in [0.1, 0.15) is 5.75 Å². The number of aromatic nitrogens is 4. The minimum absolute atomic E-state index is 0.156. The smallest absolute Gasteiger partial charge is 0.233 e. The fourth-order valence-electron chi connectivity index (χ4n) is 3.50. The molecule has 3 heterocycles. The zero-order valence-corrected chi connectivity index (χ0v) is 17.8. The number of nitrogens with zero attached hydrogens (tertiary/aromatic N) is 5. The van der Waals surface area contributed by atoms with Crippen LogP contribution in [0.25, 0.3) is 17.1 Å². The Morgan fingerprint density at radius 2 is 1.90 bits per heavy atom. The van der Waals surface area contributed by atoms with E-state index in [2.05, 4.69) is 15.2 Å². The van der Waals surface area contributed by atoms with Gasteiger partial charge >= 0.3 is 0 Å². The van der Waals surface area contributed by atoms with Gasteiger partial charge in [0, 0.05) is 36.7 Å². The standard InChI is InChI=1S/C22H25N5O2S/c1-2-29-19-10-8-18(9-11-19)27-21(17-7-6-12-23-15-17)24-25-22(27)30-16-20(28)26-13-4-3-5-14-26/h6-12,15H,2-5,13-14,16H2,1H3. The normalized spacial score (nSPS) is 14.0. The van der Waals surface area contributed by atoms with Gasteiger partial charge < -0.3 is 9.64 Å². The van der Waals surface area contributed by atoms with Crippen molar-refractivity contribution in [1.29, 1.82) is 0 Å². The highest BCUT2D eigenvalue weighted by molar-refractivity contribution is 7.99. The van der Waals surface area contributed by atoms with Crippen LogP contribution < -0.4 is 4.74 Å². The molecule has 156 valence electrons. The first kappa shape index (κ1) is 20.4. The zero-order valence-electron chi connectivity index (χ0n) is 17.0. The van der Waals surface area contributed by atoms with Gasteiger partial charge in [-0.15, -0.1) is 10.2 Å². The summed E-state index contributed by atoms with van der Waals surface area (Å²) in [5, 5.41) is 9.48. The van der Waals surface area contributed by atoms with E-state index in [4.69, 9.17) is 4.74 Å². The van der Waals surface area contributed by atoms with Crippen molar-refractivity contribution in [2.45, 2.75) is 31.3 Å². The fourth-order valence-corrected chi connectivity index (χ4v) is 4.35. The van der Waals surface area contributed by atoms with Gasteiger partial charge in [-0.2, -0.15) is 0 Å². The third kappa shape index (κ3) is 4.64.